The van der Waals surface area contributed by atoms with Crippen LogP contribution in [0.25, 0.3) is 0 Å². The first-order valence-electron chi connectivity index (χ1n) is 6.89. The molecule has 0 fully saturated rings. The molecular weight excluding hydrogens is 278 g/mol. The highest BCUT2D eigenvalue weighted by Gasteiger charge is 2.41. The van der Waals surface area contributed by atoms with Crippen LogP contribution in [0.2, 0.25) is 0 Å². The number of rotatable bonds is 4. The summed E-state index contributed by atoms with van der Waals surface area (Å²) in [6, 6.07) is 3.71. The van der Waals surface area contributed by atoms with E-state index in [1.54, 1.807) is 0 Å². The number of esters is 1. The maximum Gasteiger partial charge on any atom is 0.334 e. The monoisotopic (exact) mass is 296 g/mol. The number of aliphatic hydroxyl groups is 1. The van der Waals surface area contributed by atoms with E-state index >= 15 is 0 Å². The van der Waals surface area contributed by atoms with Gasteiger partial charge < -0.3 is 9.84 Å². The van der Waals surface area contributed by atoms with Gasteiger partial charge in [-0.2, -0.15) is 0 Å². The minimum absolute atomic E-state index is 0.0254. The van der Waals surface area contributed by atoms with E-state index in [2.05, 4.69) is 0 Å². The molecule has 1 atom stereocenters. The van der Waals surface area contributed by atoms with Crippen molar-refractivity contribution in [2.75, 3.05) is 0 Å². The highest BCUT2D eigenvalue weighted by Crippen LogP contribution is 2.36. The molecule has 0 aromatic heterocycles. The lowest BCUT2D eigenvalue weighted by Crippen LogP contribution is -2.43. The Bertz CT molecular complexity index is 561. The number of ether oxygens (including phenoxy) is 1. The Morgan fingerprint density at radius 2 is 1.95 bits per heavy atom. The van der Waals surface area contributed by atoms with E-state index in [1.807, 2.05) is 13.8 Å². The number of carbonyl (C=O) groups excluding carboxylic acids is 1. The van der Waals surface area contributed by atoms with E-state index in [-0.39, 0.29) is 36.5 Å². The molecule has 0 saturated heterocycles. The zero-order valence-corrected chi connectivity index (χ0v) is 12.0. The first kappa shape index (κ1) is 15.5. The van der Waals surface area contributed by atoms with Gasteiger partial charge in [-0.15, -0.1) is 0 Å². The summed E-state index contributed by atoms with van der Waals surface area (Å²) in [5, 5.41) is 9.68. The summed E-state index contributed by atoms with van der Waals surface area (Å²) >= 11 is 0. The number of hydrogen-bond donors (Lipinski definition) is 1. The molecule has 5 heteroatoms. The standard InChI is InChI=1S/C16H18F2O3/c1-10(2)16(9-11(19)8-15(20)21-16)7-6-12-13(17)4-3-5-14(12)18/h3-5,8,10,19H,6-7,9H2,1-2H3. The second-order valence-electron chi connectivity index (χ2n) is 5.65. The highest BCUT2D eigenvalue weighted by molar-refractivity contribution is 5.83. The van der Waals surface area contributed by atoms with Gasteiger partial charge in [0.25, 0.3) is 0 Å². The smallest absolute Gasteiger partial charge is 0.334 e. The fourth-order valence-corrected chi connectivity index (χ4v) is 2.62. The van der Waals surface area contributed by atoms with Crippen LogP contribution >= 0.6 is 0 Å². The normalized spacial score (nSPS) is 22.1. The van der Waals surface area contributed by atoms with Crippen molar-refractivity contribution in [1.82, 2.24) is 0 Å². The van der Waals surface area contributed by atoms with Crippen molar-refractivity contribution >= 4 is 5.97 Å². The summed E-state index contributed by atoms with van der Waals surface area (Å²) in [5.74, 6) is -2.01. The lowest BCUT2D eigenvalue weighted by Gasteiger charge is -2.39. The van der Waals surface area contributed by atoms with Gasteiger partial charge in [0.15, 0.2) is 0 Å². The van der Waals surface area contributed by atoms with E-state index < -0.39 is 23.2 Å². The van der Waals surface area contributed by atoms with Crippen LogP contribution in [0.5, 0.6) is 0 Å². The fourth-order valence-electron chi connectivity index (χ4n) is 2.62. The predicted molar refractivity (Wildman–Crippen MR) is 73.7 cm³/mol. The summed E-state index contributed by atoms with van der Waals surface area (Å²) in [6.45, 7) is 3.70. The maximum absolute atomic E-state index is 13.7. The van der Waals surface area contributed by atoms with Crippen LogP contribution in [-0.2, 0) is 16.0 Å². The molecule has 0 radical (unpaired) electrons. The van der Waals surface area contributed by atoms with E-state index in [9.17, 15) is 18.7 Å². The third-order valence-electron chi connectivity index (χ3n) is 3.98. The molecule has 0 spiro atoms. The van der Waals surface area contributed by atoms with Gasteiger partial charge in [-0.1, -0.05) is 19.9 Å². The molecule has 1 aliphatic rings. The number of cyclic esters (lactones) is 1. The third kappa shape index (κ3) is 3.23. The van der Waals surface area contributed by atoms with Crippen molar-refractivity contribution < 1.29 is 23.4 Å². The molecule has 0 amide bonds. The van der Waals surface area contributed by atoms with Crippen molar-refractivity contribution in [2.24, 2.45) is 5.92 Å². The molecular formula is C16H18F2O3. The van der Waals surface area contributed by atoms with Crippen LogP contribution in [0.3, 0.4) is 0 Å². The summed E-state index contributed by atoms with van der Waals surface area (Å²) in [7, 11) is 0. The minimum Gasteiger partial charge on any atom is -0.512 e. The van der Waals surface area contributed by atoms with Crippen LogP contribution in [-0.4, -0.2) is 16.7 Å². The van der Waals surface area contributed by atoms with Crippen LogP contribution in [0.4, 0.5) is 8.78 Å². The molecule has 21 heavy (non-hydrogen) atoms. The molecule has 1 heterocycles. The molecule has 0 bridgehead atoms. The molecule has 3 nitrogen and oxygen atoms in total. The Hall–Kier alpha value is -1.91. The second kappa shape index (κ2) is 5.84. The summed E-state index contributed by atoms with van der Waals surface area (Å²) in [5.41, 5.74) is -0.965. The average molecular weight is 296 g/mol. The van der Waals surface area contributed by atoms with E-state index in [0.717, 1.165) is 6.08 Å². The predicted octanol–water partition coefficient (Wildman–Crippen LogP) is 3.68. The molecule has 114 valence electrons. The second-order valence-corrected chi connectivity index (χ2v) is 5.65. The Morgan fingerprint density at radius 1 is 1.33 bits per heavy atom. The fraction of sp³-hybridized carbons (Fsp3) is 0.438. The van der Waals surface area contributed by atoms with Crippen LogP contribution in [0.15, 0.2) is 30.0 Å². The lowest BCUT2D eigenvalue weighted by atomic mass is 9.80. The van der Waals surface area contributed by atoms with Crippen LogP contribution in [0, 0.1) is 17.6 Å². The topological polar surface area (TPSA) is 46.5 Å². The maximum atomic E-state index is 13.7. The minimum atomic E-state index is -0.940. The number of aliphatic hydroxyl groups excluding tert-OH is 1. The van der Waals surface area contributed by atoms with Gasteiger partial charge in [-0.05, 0) is 30.9 Å². The van der Waals surface area contributed by atoms with Gasteiger partial charge in [0.05, 0.1) is 6.08 Å². The average Bonchev–Trinajstić information content (AvgIpc) is 2.36. The van der Waals surface area contributed by atoms with Gasteiger partial charge in [0.2, 0.25) is 0 Å². The molecule has 1 aromatic rings. The number of benzene rings is 1. The molecule has 0 aliphatic carbocycles. The quantitative estimate of drug-likeness (QED) is 0.862. The summed E-state index contributed by atoms with van der Waals surface area (Å²) in [6.07, 6.45) is 1.53. The first-order chi connectivity index (χ1) is 9.84. The van der Waals surface area contributed by atoms with E-state index in [1.165, 1.54) is 18.2 Å². The van der Waals surface area contributed by atoms with Crippen molar-refractivity contribution in [3.8, 4) is 0 Å². The van der Waals surface area contributed by atoms with Crippen molar-refractivity contribution in [1.29, 1.82) is 0 Å². The molecule has 1 unspecified atom stereocenters. The molecule has 1 N–H and O–H groups in total. The van der Waals surface area contributed by atoms with Crippen LogP contribution < -0.4 is 0 Å². The van der Waals surface area contributed by atoms with Crippen molar-refractivity contribution in [3.05, 3.63) is 47.2 Å². The molecule has 1 aliphatic heterocycles. The number of hydrogen-bond acceptors (Lipinski definition) is 3. The summed E-state index contributed by atoms with van der Waals surface area (Å²) in [4.78, 5) is 11.5. The summed E-state index contributed by atoms with van der Waals surface area (Å²) < 4.78 is 32.7. The molecule has 2 rings (SSSR count). The Kier molecular flexibility index (Phi) is 4.30. The van der Waals surface area contributed by atoms with Crippen molar-refractivity contribution in [3.63, 3.8) is 0 Å². The third-order valence-corrected chi connectivity index (χ3v) is 3.98. The van der Waals surface area contributed by atoms with Gasteiger partial charge in [0, 0.05) is 12.0 Å². The Morgan fingerprint density at radius 3 is 2.48 bits per heavy atom. The number of halogens is 2. The van der Waals surface area contributed by atoms with Gasteiger partial charge >= 0.3 is 5.97 Å². The number of carbonyl (C=O) groups is 1. The van der Waals surface area contributed by atoms with Crippen molar-refractivity contribution in [2.45, 2.75) is 38.7 Å². The molecule has 1 aromatic carbocycles. The van der Waals surface area contributed by atoms with Gasteiger partial charge in [-0.3, -0.25) is 0 Å². The highest BCUT2D eigenvalue weighted by atomic mass is 19.1. The van der Waals surface area contributed by atoms with E-state index in [0.29, 0.717) is 0 Å². The van der Waals surface area contributed by atoms with Crippen LogP contribution in [0.1, 0.15) is 32.3 Å². The largest absolute Gasteiger partial charge is 0.512 e. The first-order valence-corrected chi connectivity index (χ1v) is 6.89. The van der Waals surface area contributed by atoms with Gasteiger partial charge in [0.1, 0.15) is 23.0 Å². The molecule has 0 saturated carbocycles. The Labute approximate surface area is 122 Å². The van der Waals surface area contributed by atoms with E-state index in [4.69, 9.17) is 4.74 Å². The zero-order chi connectivity index (χ0) is 15.6. The zero-order valence-electron chi connectivity index (χ0n) is 12.0. The van der Waals surface area contributed by atoms with Gasteiger partial charge in [-0.25, -0.2) is 13.6 Å². The lowest BCUT2D eigenvalue weighted by molar-refractivity contribution is -0.163. The SMILES string of the molecule is CC(C)C1(CCc2c(F)cccc2F)CC(O)=CC(=O)O1. The Balaban J connectivity index is 2.22.